The van der Waals surface area contributed by atoms with E-state index in [0.29, 0.717) is 5.92 Å². The summed E-state index contributed by atoms with van der Waals surface area (Å²) in [5.41, 5.74) is 2.29. The van der Waals surface area contributed by atoms with Crippen molar-refractivity contribution in [1.29, 1.82) is 0 Å². The van der Waals surface area contributed by atoms with E-state index in [9.17, 15) is 0 Å². The van der Waals surface area contributed by atoms with E-state index in [4.69, 9.17) is 0 Å². The third kappa shape index (κ3) is 4.26. The molecule has 2 aromatic rings. The van der Waals surface area contributed by atoms with Crippen molar-refractivity contribution in [2.24, 2.45) is 5.92 Å². The number of rotatable bonds is 5. The number of aromatic nitrogens is 4. The number of nitrogens with zero attached hydrogens (tertiary/aromatic N) is 6. The highest BCUT2D eigenvalue weighted by molar-refractivity contribution is 5.41. The Labute approximate surface area is 144 Å². The van der Waals surface area contributed by atoms with Gasteiger partial charge in [-0.05, 0) is 38.6 Å². The van der Waals surface area contributed by atoms with Crippen LogP contribution in [-0.4, -0.2) is 52.0 Å². The molecular formula is C18H26N6. The van der Waals surface area contributed by atoms with Crippen LogP contribution in [-0.2, 0) is 13.0 Å². The van der Waals surface area contributed by atoms with E-state index in [2.05, 4.69) is 24.8 Å². The summed E-state index contributed by atoms with van der Waals surface area (Å²) in [5.74, 6) is 2.44. The number of likely N-dealkylation sites (tertiary alicyclic amines) is 1. The molecular weight excluding hydrogens is 300 g/mol. The van der Waals surface area contributed by atoms with Crippen LogP contribution in [0.2, 0.25) is 0 Å². The molecule has 6 nitrogen and oxygen atoms in total. The van der Waals surface area contributed by atoms with Crippen molar-refractivity contribution in [3.8, 4) is 0 Å². The molecule has 0 N–H and O–H groups in total. The summed E-state index contributed by atoms with van der Waals surface area (Å²) in [4.78, 5) is 22.2. The van der Waals surface area contributed by atoms with E-state index >= 15 is 0 Å². The van der Waals surface area contributed by atoms with Crippen LogP contribution in [0.15, 0.2) is 24.8 Å². The molecule has 0 radical (unpaired) electrons. The molecule has 1 aliphatic rings. The first kappa shape index (κ1) is 16.8. The van der Waals surface area contributed by atoms with Gasteiger partial charge in [-0.15, -0.1) is 0 Å². The van der Waals surface area contributed by atoms with E-state index in [1.165, 1.54) is 18.4 Å². The van der Waals surface area contributed by atoms with Gasteiger partial charge in [0.25, 0.3) is 0 Å². The summed E-state index contributed by atoms with van der Waals surface area (Å²) in [5, 5.41) is 0. The highest BCUT2D eigenvalue weighted by Gasteiger charge is 2.22. The standard InChI is InChI=1S/C18H26N6/c1-14-21-10-16(11-22-14)13-24-8-4-5-15(12-24)9-17-18(23(2)3)20-7-6-19-17/h6-7,10-11,15H,4-5,8-9,12-13H2,1-3H3/t15-/m1/s1. The summed E-state index contributed by atoms with van der Waals surface area (Å²) in [7, 11) is 4.05. The van der Waals surface area contributed by atoms with Crippen LogP contribution in [0, 0.1) is 12.8 Å². The van der Waals surface area contributed by atoms with E-state index in [1.54, 1.807) is 12.4 Å². The van der Waals surface area contributed by atoms with Gasteiger partial charge in [0.2, 0.25) is 0 Å². The topological polar surface area (TPSA) is 58.0 Å². The SMILES string of the molecule is Cc1ncc(CN2CCC[C@H](Cc3nccnc3N(C)C)C2)cn1. The highest BCUT2D eigenvalue weighted by Crippen LogP contribution is 2.24. The van der Waals surface area contributed by atoms with Crippen molar-refractivity contribution in [2.45, 2.75) is 32.7 Å². The van der Waals surface area contributed by atoms with Gasteiger partial charge >= 0.3 is 0 Å². The molecule has 128 valence electrons. The van der Waals surface area contributed by atoms with Crippen molar-refractivity contribution >= 4 is 5.82 Å². The Morgan fingerprint density at radius 3 is 2.62 bits per heavy atom. The van der Waals surface area contributed by atoms with Crippen molar-refractivity contribution in [3.63, 3.8) is 0 Å². The molecule has 6 heteroatoms. The summed E-state index contributed by atoms with van der Waals surface area (Å²) in [6.45, 7) is 5.09. The maximum atomic E-state index is 4.57. The quantitative estimate of drug-likeness (QED) is 0.838. The molecule has 0 unspecified atom stereocenters. The first-order valence-electron chi connectivity index (χ1n) is 8.59. The summed E-state index contributed by atoms with van der Waals surface area (Å²) in [6.07, 6.45) is 10.9. The van der Waals surface area contributed by atoms with Gasteiger partial charge in [-0.3, -0.25) is 9.88 Å². The number of aryl methyl sites for hydroxylation is 1. The van der Waals surface area contributed by atoms with Crippen molar-refractivity contribution in [1.82, 2.24) is 24.8 Å². The number of hydrogen-bond acceptors (Lipinski definition) is 6. The lowest BCUT2D eigenvalue weighted by Crippen LogP contribution is -2.36. The Morgan fingerprint density at radius 2 is 1.88 bits per heavy atom. The second-order valence-corrected chi connectivity index (χ2v) is 6.81. The summed E-state index contributed by atoms with van der Waals surface area (Å²) < 4.78 is 0. The molecule has 3 rings (SSSR count). The Hall–Kier alpha value is -2.08. The first-order valence-corrected chi connectivity index (χ1v) is 8.59. The van der Waals surface area contributed by atoms with Gasteiger partial charge in [-0.25, -0.2) is 15.0 Å². The Morgan fingerprint density at radius 1 is 1.12 bits per heavy atom. The van der Waals surface area contributed by atoms with Gasteiger partial charge in [0, 0.05) is 57.5 Å². The maximum absolute atomic E-state index is 4.57. The molecule has 0 amide bonds. The average molecular weight is 326 g/mol. The lowest BCUT2D eigenvalue weighted by Gasteiger charge is -2.33. The van der Waals surface area contributed by atoms with Gasteiger partial charge in [0.15, 0.2) is 0 Å². The summed E-state index contributed by atoms with van der Waals surface area (Å²) in [6, 6.07) is 0. The molecule has 24 heavy (non-hydrogen) atoms. The average Bonchev–Trinajstić information content (AvgIpc) is 2.58. The Balaban J connectivity index is 1.62. The molecule has 0 aliphatic carbocycles. The first-order chi connectivity index (χ1) is 11.6. The highest BCUT2D eigenvalue weighted by atomic mass is 15.2. The third-order valence-corrected chi connectivity index (χ3v) is 4.50. The zero-order valence-corrected chi connectivity index (χ0v) is 14.8. The van der Waals surface area contributed by atoms with Crippen molar-refractivity contribution < 1.29 is 0 Å². The lowest BCUT2D eigenvalue weighted by atomic mass is 9.93. The number of piperidine rings is 1. The molecule has 2 aromatic heterocycles. The molecule has 1 atom stereocenters. The van der Waals surface area contributed by atoms with Crippen molar-refractivity contribution in [3.05, 3.63) is 41.9 Å². The molecule has 3 heterocycles. The minimum atomic E-state index is 0.625. The normalized spacial score (nSPS) is 18.5. The zero-order chi connectivity index (χ0) is 16.9. The number of anilines is 1. The van der Waals surface area contributed by atoms with Crippen molar-refractivity contribution in [2.75, 3.05) is 32.1 Å². The molecule has 1 aliphatic heterocycles. The van der Waals surface area contributed by atoms with Gasteiger partial charge in [-0.2, -0.15) is 0 Å². The van der Waals surface area contributed by atoms with Gasteiger partial charge in [-0.1, -0.05) is 0 Å². The zero-order valence-electron chi connectivity index (χ0n) is 14.8. The second-order valence-electron chi connectivity index (χ2n) is 6.81. The fraction of sp³-hybridized carbons (Fsp3) is 0.556. The van der Waals surface area contributed by atoms with Gasteiger partial charge in [0.05, 0.1) is 5.69 Å². The van der Waals surface area contributed by atoms with Crippen LogP contribution in [0.3, 0.4) is 0 Å². The lowest BCUT2D eigenvalue weighted by molar-refractivity contribution is 0.166. The van der Waals surface area contributed by atoms with Crippen LogP contribution in [0.25, 0.3) is 0 Å². The Kier molecular flexibility index (Phi) is 5.35. The predicted molar refractivity (Wildman–Crippen MR) is 94.8 cm³/mol. The second kappa shape index (κ2) is 7.66. The van der Waals surface area contributed by atoms with Crippen LogP contribution >= 0.6 is 0 Å². The molecule has 1 saturated heterocycles. The largest absolute Gasteiger partial charge is 0.361 e. The van der Waals surface area contributed by atoms with Crippen LogP contribution in [0.1, 0.15) is 29.9 Å². The van der Waals surface area contributed by atoms with Crippen LogP contribution in [0.5, 0.6) is 0 Å². The maximum Gasteiger partial charge on any atom is 0.149 e. The van der Waals surface area contributed by atoms with E-state index in [1.807, 2.05) is 38.3 Å². The molecule has 0 spiro atoms. The minimum Gasteiger partial charge on any atom is -0.361 e. The molecule has 0 bridgehead atoms. The van der Waals surface area contributed by atoms with Gasteiger partial charge in [0.1, 0.15) is 11.6 Å². The van der Waals surface area contributed by atoms with E-state index < -0.39 is 0 Å². The van der Waals surface area contributed by atoms with E-state index in [0.717, 1.165) is 43.4 Å². The summed E-state index contributed by atoms with van der Waals surface area (Å²) >= 11 is 0. The monoisotopic (exact) mass is 326 g/mol. The van der Waals surface area contributed by atoms with Crippen LogP contribution in [0.4, 0.5) is 5.82 Å². The molecule has 0 saturated carbocycles. The van der Waals surface area contributed by atoms with Crippen LogP contribution < -0.4 is 4.90 Å². The third-order valence-electron chi connectivity index (χ3n) is 4.50. The predicted octanol–water partition coefficient (Wildman–Crippen LogP) is 2.10. The fourth-order valence-electron chi connectivity index (χ4n) is 3.37. The van der Waals surface area contributed by atoms with Gasteiger partial charge < -0.3 is 4.90 Å². The smallest absolute Gasteiger partial charge is 0.149 e. The number of hydrogen-bond donors (Lipinski definition) is 0. The molecule has 1 fully saturated rings. The van der Waals surface area contributed by atoms with E-state index in [-0.39, 0.29) is 0 Å². The fourth-order valence-corrected chi connectivity index (χ4v) is 3.37. The minimum absolute atomic E-state index is 0.625. The molecule has 0 aromatic carbocycles. The Bertz CT molecular complexity index is 655.